The van der Waals surface area contributed by atoms with Gasteiger partial charge in [0.05, 0.1) is 19.5 Å². The Morgan fingerprint density at radius 2 is 2.29 bits per heavy atom. The summed E-state index contributed by atoms with van der Waals surface area (Å²) in [6, 6.07) is 0. The Morgan fingerprint density at radius 1 is 1.52 bits per heavy atom. The first-order chi connectivity index (χ1) is 9.95. The van der Waals surface area contributed by atoms with Crippen LogP contribution in [-0.2, 0) is 20.4 Å². The number of nitrogens with two attached hydrogens (primary N) is 1. The Hall–Kier alpha value is -1.61. The second-order valence-corrected chi connectivity index (χ2v) is 5.81. The molecule has 0 spiro atoms. The number of imidazole rings is 1. The number of nitrogen functional groups attached to an aromatic ring is 1. The van der Waals surface area contributed by atoms with E-state index in [0.29, 0.717) is 11.2 Å². The van der Waals surface area contributed by atoms with Gasteiger partial charge in [-0.15, -0.1) is 0 Å². The lowest BCUT2D eigenvalue weighted by Gasteiger charge is -2.15. The molecule has 2 rings (SSSR count). The van der Waals surface area contributed by atoms with E-state index in [4.69, 9.17) is 5.73 Å². The van der Waals surface area contributed by atoms with Crippen molar-refractivity contribution in [2.45, 2.75) is 19.6 Å². The average Bonchev–Trinajstić information content (AvgIpc) is 2.83. The van der Waals surface area contributed by atoms with Gasteiger partial charge in [-0.25, -0.2) is 19.3 Å². The normalized spacial score (nSPS) is 16.0. The fourth-order valence-corrected chi connectivity index (χ4v) is 2.43. The van der Waals surface area contributed by atoms with Gasteiger partial charge in [0.2, 0.25) is 0 Å². The maximum Gasteiger partial charge on any atom is 0.389 e. The van der Waals surface area contributed by atoms with Crippen LogP contribution in [0.1, 0.15) is 6.92 Å². The maximum absolute atomic E-state index is 13.4. The number of alkyl halides is 1. The molecule has 0 aromatic carbocycles. The highest BCUT2D eigenvalue weighted by molar-refractivity contribution is 7.53. The molecule has 0 radical (unpaired) electrons. The molecule has 2 unspecified atom stereocenters. The first kappa shape index (κ1) is 15.8. The fraction of sp³-hybridized carbons (Fsp3) is 0.500. The van der Waals surface area contributed by atoms with E-state index in [1.54, 1.807) is 4.57 Å². The van der Waals surface area contributed by atoms with Crippen molar-refractivity contribution in [1.82, 2.24) is 19.5 Å². The fourth-order valence-electron chi connectivity index (χ4n) is 1.65. The molecule has 0 aliphatic heterocycles. The highest BCUT2D eigenvalue weighted by Gasteiger charge is 2.33. The quantitative estimate of drug-likeness (QED) is 0.721. The Kier molecular flexibility index (Phi) is 4.84. The molecule has 0 bridgehead atoms. The number of halogens is 1. The third-order valence-corrected chi connectivity index (χ3v) is 3.88. The molecule has 0 saturated carbocycles. The Morgan fingerprint density at radius 3 is 3.00 bits per heavy atom. The molecule has 116 valence electrons. The highest BCUT2D eigenvalue weighted by Crippen LogP contribution is 2.48. The lowest BCUT2D eigenvalue weighted by Crippen LogP contribution is -2.14. The lowest BCUT2D eigenvalue weighted by molar-refractivity contribution is -0.00444. The number of aromatic nitrogens is 4. The number of fused-ring (bicyclic) bond motifs is 1. The van der Waals surface area contributed by atoms with Gasteiger partial charge < -0.3 is 24.5 Å². The van der Waals surface area contributed by atoms with E-state index in [2.05, 4.69) is 24.2 Å². The first-order valence-corrected chi connectivity index (χ1v) is 7.74. The third-order valence-electron chi connectivity index (χ3n) is 2.59. The summed E-state index contributed by atoms with van der Waals surface area (Å²) < 4.78 is 35.5. The van der Waals surface area contributed by atoms with Crippen LogP contribution in [0.3, 0.4) is 0 Å². The van der Waals surface area contributed by atoms with Gasteiger partial charge in [-0.1, -0.05) is 0 Å². The third kappa shape index (κ3) is 3.53. The molecule has 21 heavy (non-hydrogen) atoms. The second kappa shape index (κ2) is 6.44. The predicted octanol–water partition coefficient (Wildman–Crippen LogP) is 0.900. The highest BCUT2D eigenvalue weighted by atomic mass is 31.2. The minimum Gasteiger partial charge on any atom is -0.382 e. The average molecular weight is 319 g/mol. The standard InChI is InChI=1S/C10H15FN5O4P/c1-2-20-21(17,18)10(11)19-4-3-16-6-15-7-8(12)13-5-14-9(7)16/h5-6,10H,2-4H2,1H3,(H,17,18)(H2,12,13,14). The molecular formula is C10H15FN5O4P. The number of nitrogens with zero attached hydrogens (tertiary/aromatic N) is 4. The SMILES string of the molecule is CCOP(=O)(O)C(F)OCCn1cnc2c(N)ncnc21. The van der Waals surface area contributed by atoms with Gasteiger partial charge in [0, 0.05) is 6.54 Å². The molecule has 0 saturated heterocycles. The van der Waals surface area contributed by atoms with E-state index < -0.39 is 13.7 Å². The van der Waals surface area contributed by atoms with Gasteiger partial charge in [0.25, 0.3) is 0 Å². The van der Waals surface area contributed by atoms with Gasteiger partial charge in [-0.2, -0.15) is 0 Å². The molecule has 2 aromatic rings. The number of hydrogen-bond donors (Lipinski definition) is 2. The zero-order chi connectivity index (χ0) is 15.5. The molecule has 0 amide bonds. The molecule has 3 N–H and O–H groups in total. The maximum atomic E-state index is 13.4. The predicted molar refractivity (Wildman–Crippen MR) is 72.0 cm³/mol. The molecule has 2 heterocycles. The molecule has 11 heteroatoms. The topological polar surface area (TPSA) is 125 Å². The molecule has 2 atom stereocenters. The minimum atomic E-state index is -4.41. The number of ether oxygens (including phenoxy) is 1. The van der Waals surface area contributed by atoms with Gasteiger partial charge in [-0.3, -0.25) is 4.57 Å². The second-order valence-electron chi connectivity index (χ2n) is 4.01. The van der Waals surface area contributed by atoms with Crippen molar-refractivity contribution in [3.8, 4) is 0 Å². The van der Waals surface area contributed by atoms with Gasteiger partial charge in [0.1, 0.15) is 11.8 Å². The summed E-state index contributed by atoms with van der Waals surface area (Å²) in [4.78, 5) is 21.1. The van der Waals surface area contributed by atoms with Crippen LogP contribution in [0.4, 0.5) is 10.2 Å². The Labute approximate surface area is 119 Å². The van der Waals surface area contributed by atoms with Crippen LogP contribution in [-0.4, -0.2) is 43.7 Å². The summed E-state index contributed by atoms with van der Waals surface area (Å²) in [5.41, 5.74) is 6.53. The van der Waals surface area contributed by atoms with Crippen LogP contribution in [0.2, 0.25) is 0 Å². The smallest absolute Gasteiger partial charge is 0.382 e. The summed E-state index contributed by atoms with van der Waals surface area (Å²) >= 11 is 0. The monoisotopic (exact) mass is 319 g/mol. The lowest BCUT2D eigenvalue weighted by atomic mass is 10.5. The Balaban J connectivity index is 1.97. The van der Waals surface area contributed by atoms with Crippen LogP contribution < -0.4 is 5.73 Å². The zero-order valence-corrected chi connectivity index (χ0v) is 12.1. The van der Waals surface area contributed by atoms with Gasteiger partial charge >= 0.3 is 13.7 Å². The van der Waals surface area contributed by atoms with E-state index in [9.17, 15) is 13.8 Å². The van der Waals surface area contributed by atoms with Crippen LogP contribution >= 0.6 is 7.60 Å². The van der Waals surface area contributed by atoms with Crippen molar-refractivity contribution in [1.29, 1.82) is 0 Å². The van der Waals surface area contributed by atoms with Crippen LogP contribution in [0.25, 0.3) is 11.2 Å². The van der Waals surface area contributed by atoms with Crippen LogP contribution in [0.15, 0.2) is 12.7 Å². The largest absolute Gasteiger partial charge is 0.389 e. The molecule has 9 nitrogen and oxygen atoms in total. The molecular weight excluding hydrogens is 304 g/mol. The van der Waals surface area contributed by atoms with Gasteiger partial charge in [-0.05, 0) is 6.92 Å². The molecule has 0 aliphatic carbocycles. The summed E-state index contributed by atoms with van der Waals surface area (Å²) in [5.74, 6) is 0.235. The number of anilines is 1. The van der Waals surface area contributed by atoms with E-state index in [1.165, 1.54) is 19.6 Å². The van der Waals surface area contributed by atoms with E-state index in [0.717, 1.165) is 0 Å². The van der Waals surface area contributed by atoms with Crippen molar-refractivity contribution in [3.63, 3.8) is 0 Å². The minimum absolute atomic E-state index is 0.0834. The number of rotatable bonds is 7. The van der Waals surface area contributed by atoms with E-state index in [-0.39, 0.29) is 25.6 Å². The summed E-state index contributed by atoms with van der Waals surface area (Å²) in [6.45, 7) is 1.42. The molecule has 0 aliphatic rings. The zero-order valence-electron chi connectivity index (χ0n) is 11.2. The summed E-state index contributed by atoms with van der Waals surface area (Å²) in [6.07, 6.45) is 0.339. The molecule has 0 fully saturated rings. The van der Waals surface area contributed by atoms with E-state index >= 15 is 0 Å². The van der Waals surface area contributed by atoms with Gasteiger partial charge in [0.15, 0.2) is 11.5 Å². The number of hydrogen-bond acceptors (Lipinski definition) is 7. The first-order valence-electron chi connectivity index (χ1n) is 6.09. The van der Waals surface area contributed by atoms with Crippen molar-refractivity contribution in [2.75, 3.05) is 18.9 Å². The van der Waals surface area contributed by atoms with Crippen molar-refractivity contribution in [2.24, 2.45) is 0 Å². The Bertz CT molecular complexity index is 666. The molecule has 2 aromatic heterocycles. The van der Waals surface area contributed by atoms with Crippen molar-refractivity contribution < 1.29 is 23.1 Å². The van der Waals surface area contributed by atoms with Crippen molar-refractivity contribution in [3.05, 3.63) is 12.7 Å². The van der Waals surface area contributed by atoms with E-state index in [1.807, 2.05) is 0 Å². The summed E-state index contributed by atoms with van der Waals surface area (Å²) in [7, 11) is -4.41. The summed E-state index contributed by atoms with van der Waals surface area (Å²) in [5, 5.41) is 0. The van der Waals surface area contributed by atoms with Crippen molar-refractivity contribution >= 4 is 24.6 Å². The van der Waals surface area contributed by atoms with Crippen LogP contribution in [0.5, 0.6) is 0 Å². The van der Waals surface area contributed by atoms with Crippen LogP contribution in [0, 0.1) is 0 Å².